The number of benzene rings is 1. The molecular weight excluding hydrogens is 235 g/mol. The van der Waals surface area contributed by atoms with Gasteiger partial charge in [0.1, 0.15) is 5.82 Å². The highest BCUT2D eigenvalue weighted by atomic mass is 19.1. The second-order valence-electron chi connectivity index (χ2n) is 5.30. The van der Waals surface area contributed by atoms with Crippen LogP contribution < -0.4 is 5.32 Å². The summed E-state index contributed by atoms with van der Waals surface area (Å²) in [6, 6.07) is 6.06. The first-order valence-corrected chi connectivity index (χ1v) is 5.88. The second-order valence-corrected chi connectivity index (χ2v) is 5.30. The minimum absolute atomic E-state index is 0.106. The highest BCUT2D eigenvalue weighted by Crippen LogP contribution is 2.24. The fourth-order valence-electron chi connectivity index (χ4n) is 2.35. The molecule has 0 spiro atoms. The number of halogens is 1. The number of rotatable bonds is 1. The van der Waals surface area contributed by atoms with Gasteiger partial charge in [-0.1, -0.05) is 12.1 Å². The summed E-state index contributed by atoms with van der Waals surface area (Å²) >= 11 is 0. The topological polar surface area (TPSA) is 52.6 Å². The molecule has 0 aliphatic carbocycles. The van der Waals surface area contributed by atoms with Gasteiger partial charge in [0.05, 0.1) is 6.04 Å². The average Bonchev–Trinajstić information content (AvgIpc) is 2.27. The number of piperazine rings is 1. The first kappa shape index (κ1) is 12.8. The lowest BCUT2D eigenvalue weighted by Gasteiger charge is -2.42. The van der Waals surface area contributed by atoms with Crippen LogP contribution in [-0.2, 0) is 0 Å². The molecule has 1 heterocycles. The number of hydrogen-bond acceptors (Lipinski definition) is 2. The van der Waals surface area contributed by atoms with E-state index in [9.17, 15) is 9.18 Å². The van der Waals surface area contributed by atoms with Crippen LogP contribution >= 0.6 is 0 Å². The van der Waals surface area contributed by atoms with E-state index in [1.807, 2.05) is 13.8 Å². The largest absolute Gasteiger partial charge is 0.465 e. The van der Waals surface area contributed by atoms with Crippen LogP contribution in [0, 0.1) is 5.82 Å². The fourth-order valence-corrected chi connectivity index (χ4v) is 2.35. The Morgan fingerprint density at radius 2 is 2.06 bits per heavy atom. The van der Waals surface area contributed by atoms with Crippen molar-refractivity contribution in [3.8, 4) is 0 Å². The van der Waals surface area contributed by atoms with Crippen molar-refractivity contribution in [2.24, 2.45) is 0 Å². The molecule has 1 saturated heterocycles. The molecule has 1 amide bonds. The van der Waals surface area contributed by atoms with Crippen LogP contribution in [0.15, 0.2) is 24.3 Å². The summed E-state index contributed by atoms with van der Waals surface area (Å²) < 4.78 is 12.9. The molecule has 2 rings (SSSR count). The van der Waals surface area contributed by atoms with Gasteiger partial charge in [0, 0.05) is 18.6 Å². The normalized spacial score (nSPS) is 22.8. The molecule has 5 heteroatoms. The van der Waals surface area contributed by atoms with Crippen molar-refractivity contribution < 1.29 is 14.3 Å². The molecule has 98 valence electrons. The third kappa shape index (κ3) is 2.79. The van der Waals surface area contributed by atoms with E-state index in [-0.39, 0.29) is 17.4 Å². The Kier molecular flexibility index (Phi) is 3.26. The first-order chi connectivity index (χ1) is 8.37. The maximum Gasteiger partial charge on any atom is 0.407 e. The molecule has 1 unspecified atom stereocenters. The third-order valence-electron chi connectivity index (χ3n) is 3.10. The molecule has 0 bridgehead atoms. The van der Waals surface area contributed by atoms with Crippen LogP contribution in [0.1, 0.15) is 25.5 Å². The smallest absolute Gasteiger partial charge is 0.407 e. The van der Waals surface area contributed by atoms with Crippen LogP contribution in [0.3, 0.4) is 0 Å². The molecule has 2 N–H and O–H groups in total. The molecule has 1 aromatic carbocycles. The van der Waals surface area contributed by atoms with Gasteiger partial charge in [0.15, 0.2) is 0 Å². The second kappa shape index (κ2) is 4.57. The van der Waals surface area contributed by atoms with E-state index in [0.717, 1.165) is 5.56 Å². The molecule has 1 fully saturated rings. The number of carbonyl (C=O) groups is 1. The van der Waals surface area contributed by atoms with Gasteiger partial charge in [0.25, 0.3) is 0 Å². The van der Waals surface area contributed by atoms with Crippen molar-refractivity contribution in [1.29, 1.82) is 0 Å². The predicted octanol–water partition coefficient (Wildman–Crippen LogP) is 2.23. The summed E-state index contributed by atoms with van der Waals surface area (Å²) in [5.74, 6) is -0.288. The van der Waals surface area contributed by atoms with E-state index in [0.29, 0.717) is 13.1 Å². The quantitative estimate of drug-likeness (QED) is 0.806. The number of nitrogens with zero attached hydrogens (tertiary/aromatic N) is 1. The number of amides is 1. The lowest BCUT2D eigenvalue weighted by molar-refractivity contribution is 0.0945. The molecule has 0 radical (unpaired) electrons. The summed E-state index contributed by atoms with van der Waals surface area (Å²) in [4.78, 5) is 12.5. The molecule has 1 aromatic rings. The van der Waals surface area contributed by atoms with Crippen molar-refractivity contribution in [1.82, 2.24) is 10.2 Å². The minimum atomic E-state index is -0.920. The van der Waals surface area contributed by atoms with E-state index in [4.69, 9.17) is 5.11 Å². The molecule has 0 saturated carbocycles. The summed E-state index contributed by atoms with van der Waals surface area (Å²) in [5.41, 5.74) is 0.603. The number of hydrogen-bond donors (Lipinski definition) is 2. The lowest BCUT2D eigenvalue weighted by Crippen LogP contribution is -2.59. The molecule has 1 aliphatic rings. The van der Waals surface area contributed by atoms with E-state index in [1.54, 1.807) is 12.1 Å². The standard InChI is InChI=1S/C13H17FN2O2/c1-13(2)8-16(12(17)18)7-11(15-13)9-3-5-10(14)6-4-9/h3-6,11,15H,7-8H2,1-2H3,(H,17,18). The zero-order valence-electron chi connectivity index (χ0n) is 10.5. The van der Waals surface area contributed by atoms with Crippen molar-refractivity contribution in [3.63, 3.8) is 0 Å². The van der Waals surface area contributed by atoms with Crippen LogP contribution in [0.2, 0.25) is 0 Å². The molecule has 4 nitrogen and oxygen atoms in total. The van der Waals surface area contributed by atoms with Crippen molar-refractivity contribution in [2.45, 2.75) is 25.4 Å². The van der Waals surface area contributed by atoms with Crippen molar-refractivity contribution >= 4 is 6.09 Å². The lowest BCUT2D eigenvalue weighted by atomic mass is 9.95. The van der Waals surface area contributed by atoms with Gasteiger partial charge in [-0.3, -0.25) is 0 Å². The first-order valence-electron chi connectivity index (χ1n) is 5.88. The summed E-state index contributed by atoms with van der Waals surface area (Å²) in [6.07, 6.45) is -0.920. The van der Waals surface area contributed by atoms with Gasteiger partial charge in [-0.15, -0.1) is 0 Å². The van der Waals surface area contributed by atoms with E-state index in [1.165, 1.54) is 17.0 Å². The molecule has 1 aliphatic heterocycles. The van der Waals surface area contributed by atoms with Crippen molar-refractivity contribution in [2.75, 3.05) is 13.1 Å². The van der Waals surface area contributed by atoms with Crippen LogP contribution in [-0.4, -0.2) is 34.7 Å². The highest BCUT2D eigenvalue weighted by Gasteiger charge is 2.34. The van der Waals surface area contributed by atoms with E-state index in [2.05, 4.69) is 5.32 Å². The van der Waals surface area contributed by atoms with Crippen molar-refractivity contribution in [3.05, 3.63) is 35.6 Å². The maximum atomic E-state index is 12.9. The molecule has 0 aromatic heterocycles. The van der Waals surface area contributed by atoms with Gasteiger partial charge in [-0.05, 0) is 31.5 Å². The molecule has 1 atom stereocenters. The number of nitrogens with one attached hydrogen (secondary N) is 1. The Balaban J connectivity index is 2.22. The Bertz CT molecular complexity index is 445. The van der Waals surface area contributed by atoms with Crippen LogP contribution in [0.25, 0.3) is 0 Å². The predicted molar refractivity (Wildman–Crippen MR) is 66.0 cm³/mol. The van der Waals surface area contributed by atoms with Gasteiger partial charge >= 0.3 is 6.09 Å². The zero-order chi connectivity index (χ0) is 13.3. The molecule has 18 heavy (non-hydrogen) atoms. The Labute approximate surface area is 105 Å². The third-order valence-corrected chi connectivity index (χ3v) is 3.10. The van der Waals surface area contributed by atoms with Gasteiger partial charge in [0.2, 0.25) is 0 Å². The SMILES string of the molecule is CC1(C)CN(C(=O)O)CC(c2ccc(F)cc2)N1. The Morgan fingerprint density at radius 1 is 1.44 bits per heavy atom. The van der Waals surface area contributed by atoms with Gasteiger partial charge in [-0.2, -0.15) is 0 Å². The summed E-state index contributed by atoms with van der Waals surface area (Å²) in [6.45, 7) is 4.74. The van der Waals surface area contributed by atoms with Crippen LogP contribution in [0.4, 0.5) is 9.18 Å². The van der Waals surface area contributed by atoms with E-state index >= 15 is 0 Å². The van der Waals surface area contributed by atoms with Crippen LogP contribution in [0.5, 0.6) is 0 Å². The Morgan fingerprint density at radius 3 is 2.61 bits per heavy atom. The summed E-state index contributed by atoms with van der Waals surface area (Å²) in [7, 11) is 0. The van der Waals surface area contributed by atoms with Gasteiger partial charge < -0.3 is 15.3 Å². The number of carboxylic acid groups (broad SMARTS) is 1. The monoisotopic (exact) mass is 252 g/mol. The fraction of sp³-hybridized carbons (Fsp3) is 0.462. The van der Waals surface area contributed by atoms with E-state index < -0.39 is 6.09 Å². The Hall–Kier alpha value is -1.62. The summed E-state index contributed by atoms with van der Waals surface area (Å²) in [5, 5.41) is 12.5. The maximum absolute atomic E-state index is 12.9. The zero-order valence-corrected chi connectivity index (χ0v) is 10.5. The average molecular weight is 252 g/mol. The van der Waals surface area contributed by atoms with Gasteiger partial charge in [-0.25, -0.2) is 9.18 Å². The molecular formula is C13H17FN2O2. The highest BCUT2D eigenvalue weighted by molar-refractivity contribution is 5.65. The minimum Gasteiger partial charge on any atom is -0.465 e.